The van der Waals surface area contributed by atoms with E-state index in [1.165, 1.54) is 9.80 Å². The normalized spacial score (nSPS) is 24.6. The molecule has 2 saturated carbocycles. The zero-order valence-electron chi connectivity index (χ0n) is 39.6. The monoisotopic (exact) mass is 996 g/mol. The fourth-order valence-electron chi connectivity index (χ4n) is 10.9. The molecule has 4 aromatic rings. The van der Waals surface area contributed by atoms with Crippen LogP contribution in [0.5, 0.6) is 0 Å². The van der Waals surface area contributed by atoms with E-state index in [2.05, 4.69) is 21.3 Å². The zero-order valence-corrected chi connectivity index (χ0v) is 39.6. The molecular formula is C52H56F4N8O8. The highest BCUT2D eigenvalue weighted by Crippen LogP contribution is 2.50. The standard InChI is InChI=1S/2C26H28F2N4O4/c2*1-2-3-15-6-9-20-23-22(24(34)29-11-14-4-5-14)17(13-33)21(12-31(20)25(15)35)32(23)26(36)30-19-10-16(27)7-8-18(19)28/h2*2-3,6-10,14,17,21-23,33H,4-5,11-13H2,1H3,(H,29,34)(H,30,36)/b3-2+;3-2-/t2*17-,21-,22+,23+/m00/s1. The molecule has 2 aliphatic carbocycles. The summed E-state index contributed by atoms with van der Waals surface area (Å²) >= 11 is 0. The second kappa shape index (κ2) is 20.6. The molecule has 6 amide bonds. The van der Waals surface area contributed by atoms with Crippen LogP contribution in [0.4, 0.5) is 38.5 Å². The number of pyridine rings is 2. The molecule has 16 nitrogen and oxygen atoms in total. The lowest BCUT2D eigenvalue weighted by atomic mass is 9.86. The maximum Gasteiger partial charge on any atom is 0.322 e. The third-order valence-corrected chi connectivity index (χ3v) is 14.8. The third-order valence-electron chi connectivity index (χ3n) is 14.8. The summed E-state index contributed by atoms with van der Waals surface area (Å²) < 4.78 is 59.1. The molecule has 2 aromatic heterocycles. The van der Waals surface area contributed by atoms with Crippen molar-refractivity contribution in [3.05, 3.63) is 139 Å². The Bertz CT molecular complexity index is 2780. The number of carbonyl (C=O) groups is 4. The van der Waals surface area contributed by atoms with Gasteiger partial charge in [0.1, 0.15) is 23.3 Å². The van der Waals surface area contributed by atoms with Crippen LogP contribution >= 0.6 is 0 Å². The predicted octanol–water partition coefficient (Wildman–Crippen LogP) is 5.76. The van der Waals surface area contributed by atoms with Gasteiger partial charge in [-0.15, -0.1) is 0 Å². The summed E-state index contributed by atoms with van der Waals surface area (Å²) in [5, 5.41) is 31.4. The van der Waals surface area contributed by atoms with E-state index >= 15 is 0 Å². The first-order valence-electron chi connectivity index (χ1n) is 24.3. The van der Waals surface area contributed by atoms with E-state index in [0.29, 0.717) is 47.4 Å². The molecule has 2 saturated heterocycles. The van der Waals surface area contributed by atoms with Crippen molar-refractivity contribution in [3.63, 3.8) is 0 Å². The maximum atomic E-state index is 14.3. The van der Waals surface area contributed by atoms with E-state index in [-0.39, 0.29) is 60.6 Å². The van der Waals surface area contributed by atoms with E-state index in [1.54, 1.807) is 71.6 Å². The van der Waals surface area contributed by atoms with E-state index in [4.69, 9.17) is 0 Å². The van der Waals surface area contributed by atoms with Gasteiger partial charge in [0.15, 0.2) is 0 Å². The van der Waals surface area contributed by atoms with E-state index in [1.807, 2.05) is 0 Å². The molecule has 4 bridgehead atoms. The van der Waals surface area contributed by atoms with Crippen molar-refractivity contribution in [2.24, 2.45) is 35.5 Å². The molecule has 0 unspecified atom stereocenters. The Balaban J connectivity index is 0.000000178. The van der Waals surface area contributed by atoms with Gasteiger partial charge in [0.2, 0.25) is 11.8 Å². The number of rotatable bonds is 12. The molecule has 4 aliphatic heterocycles. The summed E-state index contributed by atoms with van der Waals surface area (Å²) in [7, 11) is 0. The number of fused-ring (bicyclic) bond motifs is 8. The number of benzene rings is 2. The van der Waals surface area contributed by atoms with Gasteiger partial charge in [-0.3, -0.25) is 19.2 Å². The van der Waals surface area contributed by atoms with Crippen LogP contribution in [0.15, 0.2) is 82.4 Å². The SMILES string of the molecule is C/C=C/c1ccc2n(c1=O)C[C@H]1[C@H](CO)[C@@H](C(=O)NCC3CC3)[C@@H]2N1C(=O)Nc1cc(F)ccc1F.C/C=C\c1ccc2n(c1=O)C[C@H]1[C@H](CO)[C@@H](C(=O)NCC3CC3)[C@@H]2N1C(=O)Nc1cc(F)ccc1F. The highest BCUT2D eigenvalue weighted by Gasteiger charge is 2.59. The first-order chi connectivity index (χ1) is 34.7. The maximum absolute atomic E-state index is 14.3. The number of aliphatic hydroxyl groups is 2. The minimum atomic E-state index is -0.871. The van der Waals surface area contributed by atoms with Crippen LogP contribution in [0, 0.1) is 58.8 Å². The van der Waals surface area contributed by atoms with E-state index in [0.717, 1.165) is 62.1 Å². The number of nitrogens with zero attached hydrogens (tertiary/aromatic N) is 4. The van der Waals surface area contributed by atoms with E-state index in [9.17, 15) is 56.5 Å². The molecule has 0 radical (unpaired) electrons. The number of hydrogen-bond acceptors (Lipinski definition) is 8. The fraction of sp³-hybridized carbons (Fsp3) is 0.423. The van der Waals surface area contributed by atoms with Crippen molar-refractivity contribution in [2.45, 2.75) is 76.8 Å². The Kier molecular flexibility index (Phi) is 14.3. The Morgan fingerprint density at radius 1 is 0.597 bits per heavy atom. The topological polar surface area (TPSA) is 207 Å². The highest BCUT2D eigenvalue weighted by atomic mass is 19.1. The first kappa shape index (κ1) is 49.9. The molecule has 20 heteroatoms. The molecule has 380 valence electrons. The number of carbonyl (C=O) groups excluding carboxylic acids is 4. The molecule has 6 N–H and O–H groups in total. The van der Waals surface area contributed by atoms with Gasteiger partial charge >= 0.3 is 12.1 Å². The van der Waals surface area contributed by atoms with Gasteiger partial charge in [-0.25, -0.2) is 27.2 Å². The van der Waals surface area contributed by atoms with Gasteiger partial charge in [0.05, 0.1) is 47.4 Å². The molecule has 6 aliphatic rings. The highest BCUT2D eigenvalue weighted by molar-refractivity contribution is 5.93. The molecule has 0 spiro atoms. The Labute approximate surface area is 411 Å². The number of aliphatic hydroxyl groups excluding tert-OH is 2. The molecule has 8 atom stereocenters. The lowest BCUT2D eigenvalue weighted by Gasteiger charge is -2.38. The second-order valence-electron chi connectivity index (χ2n) is 19.3. The van der Waals surface area contributed by atoms with Crippen LogP contribution in [0.2, 0.25) is 0 Å². The van der Waals surface area contributed by atoms with Crippen molar-refractivity contribution >= 4 is 47.4 Å². The summed E-state index contributed by atoms with van der Waals surface area (Å²) in [6.07, 6.45) is 11.0. The van der Waals surface area contributed by atoms with Gasteiger partial charge in [0.25, 0.3) is 11.1 Å². The summed E-state index contributed by atoms with van der Waals surface area (Å²) in [5.41, 5.74) is 0.678. The van der Waals surface area contributed by atoms with Crippen molar-refractivity contribution in [3.8, 4) is 0 Å². The molecule has 72 heavy (non-hydrogen) atoms. The fourth-order valence-corrected chi connectivity index (χ4v) is 10.9. The molecule has 2 aromatic carbocycles. The second-order valence-corrected chi connectivity index (χ2v) is 19.3. The van der Waals surface area contributed by atoms with Crippen molar-refractivity contribution in [1.82, 2.24) is 29.6 Å². The van der Waals surface area contributed by atoms with Gasteiger partial charge < -0.3 is 50.4 Å². The largest absolute Gasteiger partial charge is 0.396 e. The van der Waals surface area contributed by atoms with Crippen molar-refractivity contribution in [1.29, 1.82) is 0 Å². The molecular weight excluding hydrogens is 941 g/mol. The van der Waals surface area contributed by atoms with Crippen molar-refractivity contribution < 1.29 is 47.0 Å². The van der Waals surface area contributed by atoms with Gasteiger partial charge in [-0.1, -0.05) is 24.3 Å². The molecule has 6 heterocycles. The number of urea groups is 2. The summed E-state index contributed by atoms with van der Waals surface area (Å²) in [6.45, 7) is 3.98. The Hall–Kier alpha value is -7.06. The van der Waals surface area contributed by atoms with Crippen LogP contribution in [-0.4, -0.2) is 91.4 Å². The average Bonchev–Trinajstić information content (AvgIpc) is 4.31. The first-order valence-corrected chi connectivity index (χ1v) is 24.3. The van der Waals surface area contributed by atoms with Crippen molar-refractivity contribution in [2.75, 3.05) is 36.9 Å². The number of aromatic nitrogens is 2. The Morgan fingerprint density at radius 3 is 1.33 bits per heavy atom. The van der Waals surface area contributed by atoms with Gasteiger partial charge in [0, 0.05) is 85.9 Å². The smallest absolute Gasteiger partial charge is 0.322 e. The summed E-state index contributed by atoms with van der Waals surface area (Å²) in [5.74, 6) is -5.73. The number of hydrogen-bond donors (Lipinski definition) is 6. The zero-order chi connectivity index (χ0) is 51.1. The number of anilines is 2. The lowest BCUT2D eigenvalue weighted by Crippen LogP contribution is -2.50. The molecule has 10 rings (SSSR count). The van der Waals surface area contributed by atoms with Crippen LogP contribution in [-0.2, 0) is 22.7 Å². The number of allylic oxidation sites excluding steroid dienone is 2. The van der Waals surface area contributed by atoms with Crippen LogP contribution in [0.1, 0.15) is 74.1 Å². The quantitative estimate of drug-likeness (QED) is 0.0960. The average molecular weight is 997 g/mol. The van der Waals surface area contributed by atoms with Crippen LogP contribution in [0.25, 0.3) is 12.2 Å². The van der Waals surface area contributed by atoms with E-state index < -0.39 is 83.2 Å². The van der Waals surface area contributed by atoms with Crippen LogP contribution < -0.4 is 32.4 Å². The minimum absolute atomic E-state index is 0.0622. The Morgan fingerprint density at radius 2 is 0.986 bits per heavy atom. The lowest BCUT2D eigenvalue weighted by molar-refractivity contribution is -0.128. The number of amides is 6. The number of halogens is 4. The third kappa shape index (κ3) is 9.56. The predicted molar refractivity (Wildman–Crippen MR) is 258 cm³/mol. The minimum Gasteiger partial charge on any atom is -0.396 e. The van der Waals surface area contributed by atoms with Gasteiger partial charge in [-0.05, 0) is 99.9 Å². The summed E-state index contributed by atoms with van der Waals surface area (Å²) in [6, 6.07) is 7.55. The summed E-state index contributed by atoms with van der Waals surface area (Å²) in [4.78, 5) is 82.9. The number of nitrogens with one attached hydrogen (secondary N) is 4. The van der Waals surface area contributed by atoms with Gasteiger partial charge in [-0.2, -0.15) is 0 Å². The molecule has 4 fully saturated rings. The van der Waals surface area contributed by atoms with Crippen LogP contribution in [0.3, 0.4) is 0 Å².